The second-order valence-corrected chi connectivity index (χ2v) is 12.2. The van der Waals surface area contributed by atoms with Gasteiger partial charge in [0.2, 0.25) is 11.8 Å². The number of carbonyl (C=O) groups is 3. The molecule has 2 amide bonds. The number of carboxylic acids is 1. The van der Waals surface area contributed by atoms with Crippen molar-refractivity contribution in [1.82, 2.24) is 9.88 Å². The van der Waals surface area contributed by atoms with Crippen molar-refractivity contribution in [3.63, 3.8) is 0 Å². The average molecular weight is 500 g/mol. The summed E-state index contributed by atoms with van der Waals surface area (Å²) in [5.74, 6) is -2.73. The van der Waals surface area contributed by atoms with E-state index in [0.717, 1.165) is 32.5 Å². The Hall–Kier alpha value is -2.59. The van der Waals surface area contributed by atoms with Crippen LogP contribution in [0.3, 0.4) is 0 Å². The van der Waals surface area contributed by atoms with Crippen LogP contribution in [-0.2, 0) is 14.4 Å². The van der Waals surface area contributed by atoms with Crippen LogP contribution in [0.25, 0.3) is 0 Å². The molecule has 178 valence electrons. The first-order valence-electron chi connectivity index (χ1n) is 11.5. The summed E-state index contributed by atoms with van der Waals surface area (Å²) in [5, 5.41) is 10.4. The van der Waals surface area contributed by atoms with Crippen molar-refractivity contribution in [2.75, 3.05) is 19.0 Å². The first-order chi connectivity index (χ1) is 16.2. The fourth-order valence-electron chi connectivity index (χ4n) is 6.89. The molecule has 6 rings (SSSR count). The Kier molecular flexibility index (Phi) is 4.80. The topological polar surface area (TPSA) is 111 Å². The zero-order chi connectivity index (χ0) is 24.0. The summed E-state index contributed by atoms with van der Waals surface area (Å²) >= 11 is 2.87. The van der Waals surface area contributed by atoms with E-state index in [1.54, 1.807) is 11.8 Å². The van der Waals surface area contributed by atoms with Gasteiger partial charge >= 0.3 is 10.8 Å². The summed E-state index contributed by atoms with van der Waals surface area (Å²) in [6.45, 7) is 1.40. The van der Waals surface area contributed by atoms with Crippen LogP contribution in [0.5, 0.6) is 0 Å². The van der Waals surface area contributed by atoms with Gasteiger partial charge in [-0.3, -0.25) is 19.3 Å². The lowest BCUT2D eigenvalue weighted by molar-refractivity contribution is -0.154. The molecular weight excluding hydrogens is 474 g/mol. The molecule has 1 saturated heterocycles. The van der Waals surface area contributed by atoms with E-state index < -0.39 is 23.8 Å². The molecule has 1 aromatic carbocycles. The zero-order valence-corrected chi connectivity index (χ0v) is 20.6. The number of carbonyl (C=O) groups excluding carboxylic acids is 2. The van der Waals surface area contributed by atoms with Crippen LogP contribution in [0.2, 0.25) is 0 Å². The number of thiazole rings is 1. The van der Waals surface area contributed by atoms with Gasteiger partial charge in [-0.1, -0.05) is 23.5 Å². The summed E-state index contributed by atoms with van der Waals surface area (Å²) in [6.07, 6.45) is 0.788. The van der Waals surface area contributed by atoms with Gasteiger partial charge in [-0.05, 0) is 48.8 Å². The van der Waals surface area contributed by atoms with E-state index in [-0.39, 0.29) is 45.6 Å². The second-order valence-electron chi connectivity index (χ2n) is 10.0. The van der Waals surface area contributed by atoms with Crippen LogP contribution < -0.4 is 9.77 Å². The minimum absolute atomic E-state index is 0.00690. The van der Waals surface area contributed by atoms with E-state index in [1.807, 2.05) is 19.0 Å². The number of amides is 2. The van der Waals surface area contributed by atoms with E-state index in [0.29, 0.717) is 0 Å². The molecule has 2 bridgehead atoms. The summed E-state index contributed by atoms with van der Waals surface area (Å²) in [7, 11) is 3.97. The smallest absolute Gasteiger partial charge is 0.326 e. The van der Waals surface area contributed by atoms with E-state index in [4.69, 9.17) is 0 Å². The van der Waals surface area contributed by atoms with Gasteiger partial charge in [-0.15, -0.1) is 11.8 Å². The van der Waals surface area contributed by atoms with Crippen molar-refractivity contribution in [2.45, 2.75) is 35.6 Å². The molecule has 2 aliphatic heterocycles. The third-order valence-electron chi connectivity index (χ3n) is 8.27. The number of aliphatic carboxylic acids is 1. The monoisotopic (exact) mass is 499 g/mol. The highest BCUT2D eigenvalue weighted by molar-refractivity contribution is 8.00. The Bertz CT molecular complexity index is 1270. The van der Waals surface area contributed by atoms with E-state index in [2.05, 4.69) is 29.2 Å². The van der Waals surface area contributed by atoms with Gasteiger partial charge in [-0.2, -0.15) is 0 Å². The van der Waals surface area contributed by atoms with E-state index in [9.17, 15) is 24.3 Å². The number of rotatable bonds is 4. The first-order valence-corrected chi connectivity index (χ1v) is 13.1. The summed E-state index contributed by atoms with van der Waals surface area (Å²) < 4.78 is 0. The number of fused-ring (bicyclic) bond motifs is 9. The number of carboxylic acid groups (broad SMARTS) is 1. The third kappa shape index (κ3) is 2.84. The third-order valence-corrected chi connectivity index (χ3v) is 10.9. The number of imide groups is 1. The lowest BCUT2D eigenvalue weighted by atomic mass is 9.68. The van der Waals surface area contributed by atoms with Crippen molar-refractivity contribution in [3.8, 4) is 0 Å². The number of thioether (sulfide) groups is 1. The van der Waals surface area contributed by atoms with Gasteiger partial charge in [0.25, 0.3) is 0 Å². The van der Waals surface area contributed by atoms with Crippen molar-refractivity contribution in [2.24, 2.45) is 29.6 Å². The van der Waals surface area contributed by atoms with Gasteiger partial charge < -0.3 is 15.0 Å². The number of nitrogens with one attached hydrogen (secondary N) is 1. The van der Waals surface area contributed by atoms with Crippen LogP contribution in [0.15, 0.2) is 34.1 Å². The molecule has 4 aliphatic rings. The van der Waals surface area contributed by atoms with Gasteiger partial charge in [0.05, 0.1) is 16.9 Å². The SMILES string of the molecule is C[C@H](C(=O)O)N1C(=O)[C@@H]2[C@H]3C[C@@H]([C@@H]2C1=O)[C@@H]1[C@@H](c2ccc(N(C)C)cc2)c2sc(=O)[nH]c2S[C@@H]31. The van der Waals surface area contributed by atoms with Crippen molar-refractivity contribution in [3.05, 3.63) is 44.4 Å². The number of aromatic amines is 1. The molecule has 34 heavy (non-hydrogen) atoms. The molecule has 2 aliphatic carbocycles. The predicted molar refractivity (Wildman–Crippen MR) is 128 cm³/mol. The second kappa shape index (κ2) is 7.45. The quantitative estimate of drug-likeness (QED) is 0.622. The van der Waals surface area contributed by atoms with E-state index in [1.165, 1.54) is 18.3 Å². The number of hydrogen-bond acceptors (Lipinski definition) is 7. The van der Waals surface area contributed by atoms with Gasteiger partial charge in [-0.25, -0.2) is 4.79 Å². The molecule has 1 aromatic heterocycles. The number of hydrogen-bond donors (Lipinski definition) is 2. The first kappa shape index (κ1) is 21.9. The molecular formula is C24H25N3O5S2. The predicted octanol–water partition coefficient (Wildman–Crippen LogP) is 2.45. The molecule has 0 spiro atoms. The maximum atomic E-state index is 13.4. The Labute approximate surface area is 204 Å². The normalized spacial score (nSPS) is 34.1. The minimum atomic E-state index is -1.17. The number of nitrogens with zero attached hydrogens (tertiary/aromatic N) is 2. The minimum Gasteiger partial charge on any atom is -0.480 e. The highest BCUT2D eigenvalue weighted by atomic mass is 32.2. The standard InChI is InChI=1S/C24H25N3O5S2/c1-9(23(30)31)27-21(28)16-12-8-13(17(16)22(27)29)18-15(12)14(19-20(33-18)25-24(32)34-19)10-4-6-11(7-5-10)26(2)3/h4-7,9,12-18H,8H2,1-3H3,(H,25,32)(H,30,31)/t9-,12-,13-,14-,15-,16+,17-,18+/m1/s1. The van der Waals surface area contributed by atoms with E-state index >= 15 is 0 Å². The van der Waals surface area contributed by atoms with Gasteiger partial charge in [0.15, 0.2) is 0 Å². The molecule has 8 nitrogen and oxygen atoms in total. The highest BCUT2D eigenvalue weighted by Crippen LogP contribution is 2.68. The molecule has 2 N–H and O–H groups in total. The molecule has 3 fully saturated rings. The molecule has 8 atom stereocenters. The van der Waals surface area contributed by atoms with Crippen molar-refractivity contribution >= 4 is 46.6 Å². The van der Waals surface area contributed by atoms with Crippen LogP contribution in [0.1, 0.15) is 29.7 Å². The summed E-state index contributed by atoms with van der Waals surface area (Å²) in [4.78, 5) is 57.6. The summed E-state index contributed by atoms with van der Waals surface area (Å²) in [5.41, 5.74) is 2.19. The fraction of sp³-hybridized carbons (Fsp3) is 0.500. The molecule has 3 heterocycles. The van der Waals surface area contributed by atoms with Crippen LogP contribution in [-0.4, -0.2) is 58.2 Å². The zero-order valence-electron chi connectivity index (χ0n) is 18.9. The van der Waals surface area contributed by atoms with Gasteiger partial charge in [0.1, 0.15) is 6.04 Å². The van der Waals surface area contributed by atoms with Crippen LogP contribution >= 0.6 is 23.1 Å². The Morgan fingerprint density at radius 1 is 1.12 bits per heavy atom. The molecule has 2 aromatic rings. The molecule has 0 unspecified atom stereocenters. The van der Waals surface area contributed by atoms with Crippen molar-refractivity contribution < 1.29 is 19.5 Å². The average Bonchev–Trinajstić information content (AvgIpc) is 3.52. The largest absolute Gasteiger partial charge is 0.480 e. The van der Waals surface area contributed by atoms with Crippen LogP contribution in [0.4, 0.5) is 5.69 Å². The summed E-state index contributed by atoms with van der Waals surface area (Å²) in [6, 6.07) is 7.18. The number of benzene rings is 1. The Balaban J connectivity index is 1.43. The maximum Gasteiger partial charge on any atom is 0.326 e. The lowest BCUT2D eigenvalue weighted by Gasteiger charge is -2.43. The number of anilines is 1. The van der Waals surface area contributed by atoms with Gasteiger partial charge in [0, 0.05) is 35.8 Å². The molecule has 0 radical (unpaired) electrons. The highest BCUT2D eigenvalue weighted by Gasteiger charge is 2.70. The van der Waals surface area contributed by atoms with Crippen molar-refractivity contribution in [1.29, 1.82) is 0 Å². The Morgan fingerprint density at radius 2 is 1.76 bits per heavy atom. The lowest BCUT2D eigenvalue weighted by Crippen LogP contribution is -2.44. The number of aromatic nitrogens is 1. The van der Waals surface area contributed by atoms with Crippen LogP contribution in [0, 0.1) is 29.6 Å². The molecule has 2 saturated carbocycles. The maximum absolute atomic E-state index is 13.4. The Morgan fingerprint density at radius 3 is 2.38 bits per heavy atom. The number of H-pyrrole nitrogens is 1. The fourth-order valence-corrected chi connectivity index (χ4v) is 9.77. The molecule has 10 heteroatoms. The number of likely N-dealkylation sites (tertiary alicyclic amines) is 1.